The van der Waals surface area contributed by atoms with Gasteiger partial charge in [0.05, 0.1) is 0 Å². The lowest BCUT2D eigenvalue weighted by Gasteiger charge is -2.11. The topological polar surface area (TPSA) is 56.7 Å². The summed E-state index contributed by atoms with van der Waals surface area (Å²) in [5.41, 5.74) is 6.37. The summed E-state index contributed by atoms with van der Waals surface area (Å²) in [5.74, 6) is 3.68. The number of hydrogen-bond acceptors (Lipinski definition) is 3. The standard InChI is InChI=1S/C13H22N4/c1-2-17-12(15-8-16-17)7-11(14)13-9-5-3-4-6-10(9)13/h8-11,13H,2-7,14H2,1H3. The van der Waals surface area contributed by atoms with E-state index in [1.54, 1.807) is 6.33 Å². The Bertz CT molecular complexity index is 375. The molecule has 0 aromatic carbocycles. The maximum absolute atomic E-state index is 6.37. The van der Waals surface area contributed by atoms with Crippen LogP contribution in [0.15, 0.2) is 6.33 Å². The number of hydrogen-bond donors (Lipinski definition) is 1. The van der Waals surface area contributed by atoms with E-state index in [0.717, 1.165) is 36.5 Å². The lowest BCUT2D eigenvalue weighted by atomic mass is 10.0. The van der Waals surface area contributed by atoms with Crippen molar-refractivity contribution >= 4 is 0 Å². The minimum Gasteiger partial charge on any atom is -0.327 e. The lowest BCUT2D eigenvalue weighted by molar-refractivity contribution is 0.480. The van der Waals surface area contributed by atoms with Crippen LogP contribution < -0.4 is 5.73 Å². The third-order valence-corrected chi connectivity index (χ3v) is 4.63. The van der Waals surface area contributed by atoms with Crippen LogP contribution in [0.2, 0.25) is 0 Å². The number of nitrogens with zero attached hydrogens (tertiary/aromatic N) is 3. The molecule has 0 aliphatic heterocycles. The van der Waals surface area contributed by atoms with E-state index in [0.29, 0.717) is 0 Å². The quantitative estimate of drug-likeness (QED) is 0.861. The average Bonchev–Trinajstić information content (AvgIpc) is 2.92. The summed E-state index contributed by atoms with van der Waals surface area (Å²) in [4.78, 5) is 4.33. The van der Waals surface area contributed by atoms with Crippen molar-refractivity contribution in [3.05, 3.63) is 12.2 Å². The van der Waals surface area contributed by atoms with Crippen molar-refractivity contribution in [1.29, 1.82) is 0 Å². The van der Waals surface area contributed by atoms with Crippen LogP contribution in [-0.2, 0) is 13.0 Å². The van der Waals surface area contributed by atoms with Crippen molar-refractivity contribution in [3.63, 3.8) is 0 Å². The minimum absolute atomic E-state index is 0.289. The van der Waals surface area contributed by atoms with Gasteiger partial charge in [-0.05, 0) is 37.5 Å². The number of rotatable bonds is 4. The Morgan fingerprint density at radius 1 is 1.41 bits per heavy atom. The summed E-state index contributed by atoms with van der Waals surface area (Å²) >= 11 is 0. The Labute approximate surface area is 103 Å². The Kier molecular flexibility index (Phi) is 2.90. The molecule has 4 nitrogen and oxygen atoms in total. The van der Waals surface area contributed by atoms with Crippen LogP contribution in [0.3, 0.4) is 0 Å². The van der Waals surface area contributed by atoms with Gasteiger partial charge in [0.1, 0.15) is 12.2 Å². The van der Waals surface area contributed by atoms with E-state index >= 15 is 0 Å². The highest BCUT2D eigenvalue weighted by atomic mass is 15.3. The highest BCUT2D eigenvalue weighted by Crippen LogP contribution is 2.56. The third kappa shape index (κ3) is 1.99. The average molecular weight is 234 g/mol. The fourth-order valence-corrected chi connectivity index (χ4v) is 3.74. The number of aromatic nitrogens is 3. The van der Waals surface area contributed by atoms with Crippen LogP contribution in [-0.4, -0.2) is 20.8 Å². The largest absolute Gasteiger partial charge is 0.327 e. The van der Waals surface area contributed by atoms with Gasteiger partial charge in [0, 0.05) is 19.0 Å². The van der Waals surface area contributed by atoms with Gasteiger partial charge in [-0.15, -0.1) is 0 Å². The van der Waals surface area contributed by atoms with Gasteiger partial charge in [-0.1, -0.05) is 12.8 Å². The SMILES string of the molecule is CCn1ncnc1CC(N)C1C2CCCCC21. The van der Waals surface area contributed by atoms with Gasteiger partial charge in [0.2, 0.25) is 0 Å². The monoisotopic (exact) mass is 234 g/mol. The second-order valence-corrected chi connectivity index (χ2v) is 5.55. The van der Waals surface area contributed by atoms with Gasteiger partial charge in [-0.25, -0.2) is 4.98 Å². The summed E-state index contributed by atoms with van der Waals surface area (Å²) in [6.45, 7) is 2.99. The Morgan fingerprint density at radius 3 is 2.76 bits per heavy atom. The van der Waals surface area contributed by atoms with Crippen molar-refractivity contribution in [1.82, 2.24) is 14.8 Å². The fraction of sp³-hybridized carbons (Fsp3) is 0.846. The van der Waals surface area contributed by atoms with Gasteiger partial charge in [-0.2, -0.15) is 5.10 Å². The van der Waals surface area contributed by atoms with E-state index in [9.17, 15) is 0 Å². The second-order valence-electron chi connectivity index (χ2n) is 5.55. The molecule has 1 heterocycles. The van der Waals surface area contributed by atoms with Crippen LogP contribution in [0.25, 0.3) is 0 Å². The van der Waals surface area contributed by atoms with Crippen molar-refractivity contribution in [3.8, 4) is 0 Å². The smallest absolute Gasteiger partial charge is 0.138 e. The van der Waals surface area contributed by atoms with Gasteiger partial charge in [-0.3, -0.25) is 4.68 Å². The molecule has 3 unspecified atom stereocenters. The number of nitrogens with two attached hydrogens (primary N) is 1. The van der Waals surface area contributed by atoms with Crippen molar-refractivity contribution in [2.24, 2.45) is 23.5 Å². The van der Waals surface area contributed by atoms with E-state index in [2.05, 4.69) is 17.0 Å². The Morgan fingerprint density at radius 2 is 2.12 bits per heavy atom. The van der Waals surface area contributed by atoms with Gasteiger partial charge in [0.15, 0.2) is 0 Å². The highest BCUT2D eigenvalue weighted by molar-refractivity contribution is 5.06. The normalized spacial score (nSPS) is 33.2. The van der Waals surface area contributed by atoms with Crippen LogP contribution in [0.4, 0.5) is 0 Å². The second kappa shape index (κ2) is 4.41. The molecule has 3 atom stereocenters. The zero-order valence-corrected chi connectivity index (χ0v) is 10.5. The summed E-state index contributed by atoms with van der Waals surface area (Å²) in [6, 6.07) is 0.289. The number of aryl methyl sites for hydroxylation is 1. The van der Waals surface area contributed by atoms with Gasteiger partial charge < -0.3 is 5.73 Å². The zero-order valence-electron chi connectivity index (χ0n) is 10.5. The zero-order chi connectivity index (χ0) is 11.8. The van der Waals surface area contributed by atoms with Crippen molar-refractivity contribution in [2.75, 3.05) is 0 Å². The maximum Gasteiger partial charge on any atom is 0.138 e. The summed E-state index contributed by atoms with van der Waals surface area (Å²) in [6.07, 6.45) is 8.18. The molecule has 0 saturated heterocycles. The molecule has 2 aliphatic rings. The fourth-order valence-electron chi connectivity index (χ4n) is 3.74. The molecule has 0 radical (unpaired) electrons. The molecule has 2 saturated carbocycles. The molecule has 2 N–H and O–H groups in total. The van der Waals surface area contributed by atoms with E-state index < -0.39 is 0 Å². The first-order chi connectivity index (χ1) is 8.31. The van der Waals surface area contributed by atoms with E-state index in [4.69, 9.17) is 5.73 Å². The summed E-state index contributed by atoms with van der Waals surface area (Å²) in [5, 5.41) is 4.21. The lowest BCUT2D eigenvalue weighted by Crippen LogP contribution is -2.28. The first-order valence-electron chi connectivity index (χ1n) is 6.93. The predicted octanol–water partition coefficient (Wildman–Crippen LogP) is 1.60. The molecule has 0 spiro atoms. The van der Waals surface area contributed by atoms with Gasteiger partial charge in [0.25, 0.3) is 0 Å². The summed E-state index contributed by atoms with van der Waals surface area (Å²) < 4.78 is 1.96. The first kappa shape index (κ1) is 11.2. The molecular weight excluding hydrogens is 212 g/mol. The van der Waals surface area contributed by atoms with Crippen molar-refractivity contribution < 1.29 is 0 Å². The molecule has 2 aliphatic carbocycles. The van der Waals surface area contributed by atoms with Gasteiger partial charge >= 0.3 is 0 Å². The van der Waals surface area contributed by atoms with E-state index in [-0.39, 0.29) is 6.04 Å². The van der Waals surface area contributed by atoms with Crippen LogP contribution >= 0.6 is 0 Å². The van der Waals surface area contributed by atoms with E-state index in [1.165, 1.54) is 25.7 Å². The maximum atomic E-state index is 6.37. The molecule has 4 heteroatoms. The highest BCUT2D eigenvalue weighted by Gasteiger charge is 2.53. The Hall–Kier alpha value is -0.900. The molecule has 0 amide bonds. The molecule has 1 aromatic heterocycles. The minimum atomic E-state index is 0.289. The molecule has 94 valence electrons. The molecule has 2 fully saturated rings. The molecule has 3 rings (SSSR count). The third-order valence-electron chi connectivity index (χ3n) is 4.63. The molecule has 17 heavy (non-hydrogen) atoms. The van der Waals surface area contributed by atoms with E-state index in [1.807, 2.05) is 4.68 Å². The van der Waals surface area contributed by atoms with Crippen LogP contribution in [0, 0.1) is 17.8 Å². The molecule has 0 bridgehead atoms. The van der Waals surface area contributed by atoms with Crippen LogP contribution in [0.5, 0.6) is 0 Å². The molecule has 1 aromatic rings. The van der Waals surface area contributed by atoms with Crippen LogP contribution in [0.1, 0.15) is 38.4 Å². The summed E-state index contributed by atoms with van der Waals surface area (Å²) in [7, 11) is 0. The Balaban J connectivity index is 1.62. The first-order valence-corrected chi connectivity index (χ1v) is 6.93. The number of fused-ring (bicyclic) bond motifs is 1. The van der Waals surface area contributed by atoms with Crippen molar-refractivity contribution in [2.45, 2.75) is 51.6 Å². The molecular formula is C13H22N4. The predicted molar refractivity (Wildman–Crippen MR) is 66.3 cm³/mol.